The number of hydrogen-bond acceptors (Lipinski definition) is 5. The molecule has 1 aliphatic rings. The van der Waals surface area contributed by atoms with Crippen LogP contribution >= 0.6 is 0 Å². The summed E-state index contributed by atoms with van der Waals surface area (Å²) in [5.41, 5.74) is 5.50. The highest BCUT2D eigenvalue weighted by Crippen LogP contribution is 2.30. The summed E-state index contributed by atoms with van der Waals surface area (Å²) in [5, 5.41) is 17.6. The van der Waals surface area contributed by atoms with E-state index in [4.69, 9.17) is 15.8 Å². The fraction of sp³-hybridized carbons (Fsp3) is 0.688. The van der Waals surface area contributed by atoms with Crippen LogP contribution in [0, 0.1) is 5.92 Å². The van der Waals surface area contributed by atoms with Crippen LogP contribution in [0.1, 0.15) is 37.7 Å². The molecule has 1 saturated heterocycles. The summed E-state index contributed by atoms with van der Waals surface area (Å²) in [6, 6.07) is 2.55. The number of aromatic nitrogens is 1. The first-order chi connectivity index (χ1) is 11.8. The second-order valence-electron chi connectivity index (χ2n) is 6.66. The van der Waals surface area contributed by atoms with Crippen molar-refractivity contribution in [2.75, 3.05) is 18.0 Å². The average molecular weight is 359 g/mol. The number of hydrogen-bond donors (Lipinski definition) is 3. The first kappa shape index (κ1) is 20.0. The van der Waals surface area contributed by atoms with Gasteiger partial charge in [0.05, 0.1) is 5.56 Å². The summed E-state index contributed by atoms with van der Waals surface area (Å²) in [4.78, 5) is 5.93. The highest BCUT2D eigenvalue weighted by molar-refractivity contribution is 6.40. The van der Waals surface area contributed by atoms with Gasteiger partial charge in [0.2, 0.25) is 0 Å². The SMILES string of the molecule is NC(CCCCB(O)O)C1CCN(c2ccc(C(F)(F)F)cn2)CC1. The van der Waals surface area contributed by atoms with E-state index >= 15 is 0 Å². The summed E-state index contributed by atoms with van der Waals surface area (Å²) in [6.07, 6.45) is 1.08. The minimum absolute atomic E-state index is 0.0681. The average Bonchev–Trinajstić information content (AvgIpc) is 2.58. The molecule has 0 spiro atoms. The van der Waals surface area contributed by atoms with Crippen molar-refractivity contribution < 1.29 is 23.2 Å². The zero-order chi connectivity index (χ0) is 18.4. The molecule has 4 N–H and O–H groups in total. The van der Waals surface area contributed by atoms with E-state index in [-0.39, 0.29) is 6.04 Å². The molecule has 1 fully saturated rings. The molecular formula is C16H25BF3N3O2. The van der Waals surface area contributed by atoms with Crippen LogP contribution in [0.5, 0.6) is 0 Å². The van der Waals surface area contributed by atoms with Gasteiger partial charge in [0.25, 0.3) is 0 Å². The van der Waals surface area contributed by atoms with Crippen molar-refractivity contribution in [3.05, 3.63) is 23.9 Å². The Bertz CT molecular complexity index is 520. The predicted molar refractivity (Wildman–Crippen MR) is 91.0 cm³/mol. The summed E-state index contributed by atoms with van der Waals surface area (Å²) >= 11 is 0. The van der Waals surface area contributed by atoms with Gasteiger partial charge >= 0.3 is 13.3 Å². The number of halogens is 3. The second kappa shape index (κ2) is 8.87. The smallest absolute Gasteiger partial charge is 0.427 e. The standard InChI is InChI=1S/C16H25BF3N3O2/c18-16(19,20)13-4-5-15(22-11-13)23-9-6-12(7-10-23)14(21)3-1-2-8-17(24)25/h4-5,11-12,14,24-25H,1-3,6-10,21H2. The fourth-order valence-electron chi connectivity index (χ4n) is 3.24. The maximum atomic E-state index is 12.6. The first-order valence-corrected chi connectivity index (χ1v) is 8.67. The van der Waals surface area contributed by atoms with Crippen molar-refractivity contribution in [2.45, 2.75) is 50.6 Å². The first-order valence-electron chi connectivity index (χ1n) is 8.67. The quantitative estimate of drug-likeness (QED) is 0.514. The van der Waals surface area contributed by atoms with Crippen LogP contribution in [0.2, 0.25) is 6.32 Å². The number of anilines is 1. The Morgan fingerprint density at radius 1 is 1.24 bits per heavy atom. The van der Waals surface area contributed by atoms with Crippen LogP contribution in [0.3, 0.4) is 0 Å². The number of unbranched alkanes of at least 4 members (excludes halogenated alkanes) is 1. The van der Waals surface area contributed by atoms with Crippen molar-refractivity contribution in [1.29, 1.82) is 0 Å². The Morgan fingerprint density at radius 2 is 1.92 bits per heavy atom. The molecule has 0 bridgehead atoms. The number of pyridine rings is 1. The molecule has 1 atom stereocenters. The van der Waals surface area contributed by atoms with Gasteiger partial charge in [0.1, 0.15) is 5.82 Å². The molecule has 0 saturated carbocycles. The van der Waals surface area contributed by atoms with E-state index in [0.29, 0.717) is 18.1 Å². The van der Waals surface area contributed by atoms with E-state index in [2.05, 4.69) is 4.98 Å². The normalized spacial score (nSPS) is 17.6. The van der Waals surface area contributed by atoms with Gasteiger partial charge in [-0.15, -0.1) is 0 Å². The van der Waals surface area contributed by atoms with E-state index in [1.807, 2.05) is 4.90 Å². The minimum Gasteiger partial charge on any atom is -0.427 e. The van der Waals surface area contributed by atoms with Gasteiger partial charge in [0, 0.05) is 25.3 Å². The minimum atomic E-state index is -4.36. The molecule has 9 heteroatoms. The predicted octanol–water partition coefficient (Wildman–Crippen LogP) is 2.29. The van der Waals surface area contributed by atoms with Crippen molar-refractivity contribution >= 4 is 12.9 Å². The lowest BCUT2D eigenvalue weighted by atomic mass is 9.82. The van der Waals surface area contributed by atoms with E-state index < -0.39 is 18.9 Å². The van der Waals surface area contributed by atoms with Gasteiger partial charge < -0.3 is 20.7 Å². The Kier molecular flexibility index (Phi) is 7.09. The molecule has 0 radical (unpaired) electrons. The summed E-state index contributed by atoms with van der Waals surface area (Å²) in [7, 11) is -1.25. The maximum Gasteiger partial charge on any atom is 0.451 e. The van der Waals surface area contributed by atoms with E-state index in [0.717, 1.165) is 57.5 Å². The van der Waals surface area contributed by atoms with Gasteiger partial charge in [-0.25, -0.2) is 4.98 Å². The van der Waals surface area contributed by atoms with Gasteiger partial charge in [-0.1, -0.05) is 12.8 Å². The molecule has 0 aromatic carbocycles. The Hall–Kier alpha value is -1.32. The fourth-order valence-corrected chi connectivity index (χ4v) is 3.24. The van der Waals surface area contributed by atoms with Gasteiger partial charge in [-0.3, -0.25) is 0 Å². The largest absolute Gasteiger partial charge is 0.451 e. The van der Waals surface area contributed by atoms with Gasteiger partial charge in [0.15, 0.2) is 0 Å². The maximum absolute atomic E-state index is 12.6. The summed E-state index contributed by atoms with van der Waals surface area (Å²) in [6.45, 7) is 1.46. The zero-order valence-electron chi connectivity index (χ0n) is 14.1. The van der Waals surface area contributed by atoms with Crippen LogP contribution in [0.4, 0.5) is 19.0 Å². The van der Waals surface area contributed by atoms with Crippen LogP contribution in [-0.2, 0) is 6.18 Å². The lowest BCUT2D eigenvalue weighted by Crippen LogP contribution is -2.41. The van der Waals surface area contributed by atoms with Crippen LogP contribution in [-0.4, -0.2) is 41.3 Å². The third-order valence-corrected chi connectivity index (χ3v) is 4.79. The third kappa shape index (κ3) is 6.16. The monoisotopic (exact) mass is 359 g/mol. The van der Waals surface area contributed by atoms with Crippen molar-refractivity contribution in [1.82, 2.24) is 4.98 Å². The lowest BCUT2D eigenvalue weighted by molar-refractivity contribution is -0.137. The topological polar surface area (TPSA) is 82.6 Å². The molecule has 140 valence electrons. The molecule has 1 aromatic rings. The highest BCUT2D eigenvalue weighted by atomic mass is 19.4. The lowest BCUT2D eigenvalue weighted by Gasteiger charge is -2.35. The Labute approximate surface area is 146 Å². The van der Waals surface area contributed by atoms with Crippen LogP contribution in [0.25, 0.3) is 0 Å². The van der Waals surface area contributed by atoms with E-state index in [9.17, 15) is 13.2 Å². The molecule has 5 nitrogen and oxygen atoms in total. The van der Waals surface area contributed by atoms with E-state index in [1.165, 1.54) is 6.07 Å². The number of alkyl halides is 3. The van der Waals surface area contributed by atoms with Crippen molar-refractivity contribution in [3.8, 4) is 0 Å². The highest BCUT2D eigenvalue weighted by Gasteiger charge is 2.31. The summed E-state index contributed by atoms with van der Waals surface area (Å²) < 4.78 is 37.7. The number of nitrogens with two attached hydrogens (primary N) is 1. The van der Waals surface area contributed by atoms with Gasteiger partial charge in [-0.2, -0.15) is 13.2 Å². The zero-order valence-corrected chi connectivity index (χ0v) is 14.1. The molecular weight excluding hydrogens is 334 g/mol. The van der Waals surface area contributed by atoms with E-state index in [1.54, 1.807) is 0 Å². The summed E-state index contributed by atoms with van der Waals surface area (Å²) in [5.74, 6) is 0.946. The Balaban J connectivity index is 1.77. The molecule has 1 unspecified atom stereocenters. The second-order valence-corrected chi connectivity index (χ2v) is 6.66. The van der Waals surface area contributed by atoms with Crippen molar-refractivity contribution in [3.63, 3.8) is 0 Å². The third-order valence-electron chi connectivity index (χ3n) is 4.79. The molecule has 2 rings (SSSR count). The number of rotatable bonds is 7. The van der Waals surface area contributed by atoms with Crippen LogP contribution in [0.15, 0.2) is 18.3 Å². The molecule has 0 amide bonds. The van der Waals surface area contributed by atoms with Gasteiger partial charge in [-0.05, 0) is 43.6 Å². The molecule has 2 heterocycles. The van der Waals surface area contributed by atoms with Crippen molar-refractivity contribution in [2.24, 2.45) is 11.7 Å². The molecule has 25 heavy (non-hydrogen) atoms. The number of nitrogens with zero attached hydrogens (tertiary/aromatic N) is 2. The van der Waals surface area contributed by atoms with Crippen LogP contribution < -0.4 is 10.6 Å². The Morgan fingerprint density at radius 3 is 2.44 bits per heavy atom. The molecule has 1 aromatic heterocycles. The molecule has 1 aliphatic heterocycles. The number of piperidine rings is 1. The molecule has 0 aliphatic carbocycles.